The molecule has 1 saturated carbocycles. The molecule has 9 heteroatoms. The molecule has 2 fully saturated rings. The molecule has 1 saturated heterocycles. The Morgan fingerprint density at radius 1 is 0.821 bits per heavy atom. The van der Waals surface area contributed by atoms with Crippen LogP contribution in [0.25, 0.3) is 17.2 Å². The van der Waals surface area contributed by atoms with Crippen LogP contribution in [0.15, 0.2) is 54.7 Å². The Labute approximate surface area is 229 Å². The minimum atomic E-state index is 0.244. The largest absolute Gasteiger partial charge is 0.369 e. The number of nitrogens with zero attached hydrogens (tertiary/aromatic N) is 7. The maximum absolute atomic E-state index is 6.24. The number of nitrogen functional groups attached to an aromatic ring is 1. The molecule has 1 aliphatic heterocycles. The van der Waals surface area contributed by atoms with Gasteiger partial charge in [0.15, 0.2) is 0 Å². The van der Waals surface area contributed by atoms with Crippen molar-refractivity contribution >= 4 is 23.3 Å². The van der Waals surface area contributed by atoms with Crippen molar-refractivity contribution in [3.63, 3.8) is 0 Å². The lowest BCUT2D eigenvalue weighted by molar-refractivity contribution is 0.148. The fourth-order valence-electron chi connectivity index (χ4n) is 6.35. The van der Waals surface area contributed by atoms with Crippen LogP contribution in [0.1, 0.15) is 43.2 Å². The predicted octanol–water partition coefficient (Wildman–Crippen LogP) is 4.60. The molecular formula is C30H35N9. The standard InChI is InChI=1S/C30H35N9/c31-28-35-29(36-39(28)30-32-20-22-11-10-21-6-4-5-9-26(21)27(22)34-30)33-23-12-14-25(15-13-23)38-18-16-37(17-19-38)24-7-2-1-3-8-24/h4-6,9,12-15,20,24H,1-3,7-8,10-11,16-19H2,(H3,31,33,35,36). The van der Waals surface area contributed by atoms with Crippen molar-refractivity contribution in [2.45, 2.75) is 51.0 Å². The molecule has 3 aliphatic rings. The van der Waals surface area contributed by atoms with Crippen LogP contribution in [0, 0.1) is 0 Å². The van der Waals surface area contributed by atoms with E-state index in [1.807, 2.05) is 12.3 Å². The number of benzene rings is 2. The molecule has 0 radical (unpaired) electrons. The van der Waals surface area contributed by atoms with Crippen molar-refractivity contribution < 1.29 is 0 Å². The van der Waals surface area contributed by atoms with E-state index >= 15 is 0 Å². The second kappa shape index (κ2) is 10.3. The fraction of sp³-hybridized carbons (Fsp3) is 0.400. The quantitative estimate of drug-likeness (QED) is 0.393. The number of fused-ring (bicyclic) bond motifs is 3. The van der Waals surface area contributed by atoms with Crippen LogP contribution in [0.3, 0.4) is 0 Å². The number of anilines is 4. The minimum Gasteiger partial charge on any atom is -0.369 e. The highest BCUT2D eigenvalue weighted by molar-refractivity contribution is 5.69. The Hall–Kier alpha value is -3.98. The van der Waals surface area contributed by atoms with Crippen LogP contribution >= 0.6 is 0 Å². The third kappa shape index (κ3) is 4.83. The molecule has 0 unspecified atom stereocenters. The summed E-state index contributed by atoms with van der Waals surface area (Å²) in [6, 6.07) is 17.7. The van der Waals surface area contributed by atoms with Gasteiger partial charge in [0.05, 0.1) is 5.69 Å². The van der Waals surface area contributed by atoms with E-state index in [-0.39, 0.29) is 5.95 Å². The molecule has 0 spiro atoms. The van der Waals surface area contributed by atoms with Crippen molar-refractivity contribution in [1.82, 2.24) is 29.6 Å². The second-order valence-corrected chi connectivity index (χ2v) is 10.9. The number of hydrogen-bond donors (Lipinski definition) is 2. The molecule has 9 nitrogen and oxygen atoms in total. The van der Waals surface area contributed by atoms with Gasteiger partial charge in [0.2, 0.25) is 11.9 Å². The lowest BCUT2D eigenvalue weighted by atomic mass is 9.90. The molecule has 2 aromatic heterocycles. The van der Waals surface area contributed by atoms with E-state index in [9.17, 15) is 0 Å². The number of nitrogens with one attached hydrogen (secondary N) is 1. The third-order valence-corrected chi connectivity index (χ3v) is 8.50. The monoisotopic (exact) mass is 521 g/mol. The molecule has 7 rings (SSSR count). The second-order valence-electron chi connectivity index (χ2n) is 10.9. The normalized spacial score (nSPS) is 18.0. The summed E-state index contributed by atoms with van der Waals surface area (Å²) in [5.74, 6) is 1.09. The summed E-state index contributed by atoms with van der Waals surface area (Å²) in [5, 5.41) is 7.86. The van der Waals surface area contributed by atoms with Crippen molar-refractivity contribution in [2.75, 3.05) is 42.1 Å². The lowest BCUT2D eigenvalue weighted by Crippen LogP contribution is -2.50. The zero-order valence-corrected chi connectivity index (χ0v) is 22.3. The Morgan fingerprint density at radius 3 is 2.41 bits per heavy atom. The van der Waals surface area contributed by atoms with Crippen LogP contribution in [0.5, 0.6) is 0 Å². The average molecular weight is 522 g/mol. The lowest BCUT2D eigenvalue weighted by Gasteiger charge is -2.41. The Kier molecular flexibility index (Phi) is 6.36. The van der Waals surface area contributed by atoms with Gasteiger partial charge in [0.25, 0.3) is 5.95 Å². The Morgan fingerprint density at radius 2 is 1.59 bits per heavy atom. The first-order valence-electron chi connectivity index (χ1n) is 14.2. The summed E-state index contributed by atoms with van der Waals surface area (Å²) in [4.78, 5) is 19.0. The fourth-order valence-corrected chi connectivity index (χ4v) is 6.35. The molecule has 2 aromatic carbocycles. The van der Waals surface area contributed by atoms with E-state index in [2.05, 4.69) is 72.6 Å². The molecule has 0 amide bonds. The highest BCUT2D eigenvalue weighted by Gasteiger charge is 2.25. The summed E-state index contributed by atoms with van der Waals surface area (Å²) in [7, 11) is 0. The van der Waals surface area contributed by atoms with Crippen LogP contribution < -0.4 is 16.0 Å². The number of rotatable bonds is 5. The predicted molar refractivity (Wildman–Crippen MR) is 155 cm³/mol. The zero-order chi connectivity index (χ0) is 26.2. The van der Waals surface area contributed by atoms with Crippen molar-refractivity contribution in [1.29, 1.82) is 0 Å². The van der Waals surface area contributed by atoms with E-state index in [4.69, 9.17) is 10.7 Å². The van der Waals surface area contributed by atoms with Crippen LogP contribution in [0.2, 0.25) is 0 Å². The third-order valence-electron chi connectivity index (χ3n) is 8.50. The Bertz CT molecular complexity index is 1450. The maximum atomic E-state index is 6.24. The van der Waals surface area contributed by atoms with Gasteiger partial charge in [-0.25, -0.2) is 9.97 Å². The number of aromatic nitrogens is 5. The smallest absolute Gasteiger partial charge is 0.254 e. The number of piperazine rings is 1. The first-order valence-corrected chi connectivity index (χ1v) is 14.2. The molecule has 200 valence electrons. The molecule has 3 heterocycles. The van der Waals surface area contributed by atoms with Crippen LogP contribution in [0.4, 0.5) is 23.3 Å². The van der Waals surface area contributed by atoms with E-state index in [0.29, 0.717) is 11.9 Å². The van der Waals surface area contributed by atoms with Crippen molar-refractivity contribution in [3.8, 4) is 17.2 Å². The van der Waals surface area contributed by atoms with Gasteiger partial charge in [-0.15, -0.1) is 5.10 Å². The zero-order valence-electron chi connectivity index (χ0n) is 22.3. The Balaban J connectivity index is 1.03. The molecule has 2 aliphatic carbocycles. The van der Waals surface area contributed by atoms with E-state index in [1.165, 1.54) is 48.0 Å². The summed E-state index contributed by atoms with van der Waals surface area (Å²) < 4.78 is 1.50. The van der Waals surface area contributed by atoms with Gasteiger partial charge in [0.1, 0.15) is 0 Å². The summed E-state index contributed by atoms with van der Waals surface area (Å²) in [6.07, 6.45) is 10.8. The molecule has 39 heavy (non-hydrogen) atoms. The van der Waals surface area contributed by atoms with Crippen LogP contribution in [-0.2, 0) is 12.8 Å². The minimum absolute atomic E-state index is 0.244. The number of hydrogen-bond acceptors (Lipinski definition) is 8. The topological polar surface area (TPSA) is 101 Å². The SMILES string of the molecule is Nc1nc(Nc2ccc(N3CCN(C4CCCCC4)CC3)cc2)nn1-c1ncc2c(n1)-c1ccccc1CC2. The molecule has 0 atom stereocenters. The summed E-state index contributed by atoms with van der Waals surface area (Å²) in [6.45, 7) is 4.47. The molecule has 0 bridgehead atoms. The number of aryl methyl sites for hydroxylation is 2. The highest BCUT2D eigenvalue weighted by atomic mass is 15.5. The molecule has 4 aromatic rings. The summed E-state index contributed by atoms with van der Waals surface area (Å²) >= 11 is 0. The maximum Gasteiger partial charge on any atom is 0.254 e. The van der Waals surface area contributed by atoms with Gasteiger partial charge in [-0.3, -0.25) is 4.90 Å². The van der Waals surface area contributed by atoms with Crippen molar-refractivity contribution in [2.24, 2.45) is 0 Å². The van der Waals surface area contributed by atoms with Gasteiger partial charge in [-0.1, -0.05) is 43.5 Å². The van der Waals surface area contributed by atoms with Gasteiger partial charge in [-0.05, 0) is 61.1 Å². The molecular weight excluding hydrogens is 486 g/mol. The summed E-state index contributed by atoms with van der Waals surface area (Å²) in [5.41, 5.74) is 13.0. The highest BCUT2D eigenvalue weighted by Crippen LogP contribution is 2.32. The van der Waals surface area contributed by atoms with E-state index in [1.54, 1.807) is 0 Å². The van der Waals surface area contributed by atoms with Gasteiger partial charge < -0.3 is 16.0 Å². The first-order chi connectivity index (χ1) is 19.2. The van der Waals surface area contributed by atoms with E-state index in [0.717, 1.165) is 67.6 Å². The van der Waals surface area contributed by atoms with Crippen molar-refractivity contribution in [3.05, 3.63) is 65.9 Å². The van der Waals surface area contributed by atoms with E-state index < -0.39 is 0 Å². The first kappa shape index (κ1) is 24.1. The van der Waals surface area contributed by atoms with Gasteiger partial charge in [-0.2, -0.15) is 9.67 Å². The van der Waals surface area contributed by atoms with Gasteiger partial charge >= 0.3 is 0 Å². The molecule has 3 N–H and O–H groups in total. The average Bonchev–Trinajstić information content (AvgIpc) is 3.37. The number of nitrogens with two attached hydrogens (primary N) is 1. The van der Waals surface area contributed by atoms with Gasteiger partial charge in [0, 0.05) is 55.4 Å². The van der Waals surface area contributed by atoms with Crippen LogP contribution in [-0.4, -0.2) is 61.9 Å².